The van der Waals surface area contributed by atoms with Crippen LogP contribution >= 0.6 is 11.6 Å². The molecular formula is C17H10ClF3N2O3. The molecule has 0 aliphatic rings. The van der Waals surface area contributed by atoms with Gasteiger partial charge < -0.3 is 15.4 Å². The second-order valence-electron chi connectivity index (χ2n) is 5.38. The van der Waals surface area contributed by atoms with E-state index in [0.717, 1.165) is 18.3 Å². The summed E-state index contributed by atoms with van der Waals surface area (Å²) in [5.41, 5.74) is -1.76. The van der Waals surface area contributed by atoms with Crippen LogP contribution in [0.5, 0.6) is 5.75 Å². The van der Waals surface area contributed by atoms with Crippen LogP contribution in [0.15, 0.2) is 47.4 Å². The number of nitrogens with one attached hydrogen (secondary N) is 2. The topological polar surface area (TPSA) is 82.2 Å². The first kappa shape index (κ1) is 17.8. The van der Waals surface area contributed by atoms with Gasteiger partial charge in [0.25, 0.3) is 5.91 Å². The number of alkyl halides is 3. The highest BCUT2D eigenvalue weighted by Crippen LogP contribution is 2.33. The zero-order chi connectivity index (χ0) is 19.1. The Morgan fingerprint density at radius 2 is 1.92 bits per heavy atom. The van der Waals surface area contributed by atoms with E-state index in [0.29, 0.717) is 11.6 Å². The number of rotatable bonds is 2. The highest BCUT2D eigenvalue weighted by Gasteiger charge is 2.31. The van der Waals surface area contributed by atoms with Gasteiger partial charge in [0.15, 0.2) is 0 Å². The lowest BCUT2D eigenvalue weighted by Crippen LogP contribution is -2.22. The molecule has 0 atom stereocenters. The van der Waals surface area contributed by atoms with E-state index >= 15 is 0 Å². The fourth-order valence-electron chi connectivity index (χ4n) is 2.40. The first-order chi connectivity index (χ1) is 12.2. The molecule has 5 nitrogen and oxygen atoms in total. The lowest BCUT2D eigenvalue weighted by molar-refractivity contribution is -0.137. The number of amides is 1. The van der Waals surface area contributed by atoms with Crippen LogP contribution in [0.4, 0.5) is 18.9 Å². The van der Waals surface area contributed by atoms with Crippen molar-refractivity contribution in [3.8, 4) is 5.75 Å². The lowest BCUT2D eigenvalue weighted by Gasteiger charge is -2.11. The number of aromatic nitrogens is 1. The van der Waals surface area contributed by atoms with E-state index in [1.165, 1.54) is 12.1 Å². The molecule has 0 saturated heterocycles. The summed E-state index contributed by atoms with van der Waals surface area (Å²) in [6.45, 7) is 0. The largest absolute Gasteiger partial charge is 0.507 e. The van der Waals surface area contributed by atoms with Crippen molar-refractivity contribution in [3.63, 3.8) is 0 Å². The fourth-order valence-corrected chi connectivity index (χ4v) is 2.63. The molecule has 1 aromatic heterocycles. The van der Waals surface area contributed by atoms with Gasteiger partial charge in [-0.05, 0) is 30.3 Å². The number of hydrogen-bond acceptors (Lipinski definition) is 3. The van der Waals surface area contributed by atoms with E-state index in [4.69, 9.17) is 11.6 Å². The second kappa shape index (κ2) is 6.38. The normalized spacial score (nSPS) is 11.5. The predicted molar refractivity (Wildman–Crippen MR) is 90.6 cm³/mol. The number of aromatic hydroxyl groups is 1. The molecule has 0 radical (unpaired) electrons. The summed E-state index contributed by atoms with van der Waals surface area (Å²) in [4.78, 5) is 27.5. The number of fused-ring (bicyclic) bond motifs is 1. The number of hydrogen-bond donors (Lipinski definition) is 3. The molecule has 0 unspecified atom stereocenters. The fraction of sp³-hybridized carbons (Fsp3) is 0.0588. The number of carbonyl (C=O) groups excluding carboxylic acids is 1. The Morgan fingerprint density at radius 3 is 2.58 bits per heavy atom. The van der Waals surface area contributed by atoms with Crippen molar-refractivity contribution in [1.82, 2.24) is 4.98 Å². The monoisotopic (exact) mass is 382 g/mol. The van der Waals surface area contributed by atoms with Crippen molar-refractivity contribution in [3.05, 3.63) is 69.0 Å². The molecule has 0 saturated carbocycles. The van der Waals surface area contributed by atoms with E-state index in [1.54, 1.807) is 6.07 Å². The quantitative estimate of drug-likeness (QED) is 0.622. The SMILES string of the molecule is O=C(Nc1ccc(C(F)(F)F)cc1Cl)c1c[nH]c2cccc(O)c2c1=O. The van der Waals surface area contributed by atoms with Gasteiger partial charge in [0.05, 0.1) is 27.2 Å². The smallest absolute Gasteiger partial charge is 0.416 e. The number of benzene rings is 2. The van der Waals surface area contributed by atoms with Gasteiger partial charge in [0.2, 0.25) is 5.43 Å². The Morgan fingerprint density at radius 1 is 1.19 bits per heavy atom. The highest BCUT2D eigenvalue weighted by atomic mass is 35.5. The van der Waals surface area contributed by atoms with E-state index in [9.17, 15) is 27.9 Å². The van der Waals surface area contributed by atoms with Gasteiger partial charge in [0, 0.05) is 6.20 Å². The van der Waals surface area contributed by atoms with Gasteiger partial charge in [0.1, 0.15) is 11.3 Å². The van der Waals surface area contributed by atoms with Crippen LogP contribution in [-0.4, -0.2) is 16.0 Å². The summed E-state index contributed by atoms with van der Waals surface area (Å²) in [6, 6.07) is 6.80. The molecular weight excluding hydrogens is 373 g/mol. The Bertz CT molecular complexity index is 1080. The maximum absolute atomic E-state index is 12.7. The number of carbonyl (C=O) groups is 1. The minimum atomic E-state index is -4.57. The Labute approximate surface area is 149 Å². The predicted octanol–water partition coefficient (Wildman–Crippen LogP) is 4.16. The molecule has 2 aromatic carbocycles. The number of halogens is 4. The molecule has 0 aliphatic heterocycles. The molecule has 0 spiro atoms. The number of H-pyrrole nitrogens is 1. The maximum atomic E-state index is 12.7. The minimum absolute atomic E-state index is 0.0707. The maximum Gasteiger partial charge on any atom is 0.416 e. The standard InChI is InChI=1S/C17H10ClF3N2O3/c18-10-6-8(17(19,20)21)4-5-11(10)23-16(26)9-7-22-12-2-1-3-13(24)14(12)15(9)25/h1-7,24H,(H,22,25)(H,23,26). The molecule has 26 heavy (non-hydrogen) atoms. The molecule has 3 rings (SSSR count). The van der Waals surface area contributed by atoms with Crippen molar-refractivity contribution in [1.29, 1.82) is 0 Å². The summed E-state index contributed by atoms with van der Waals surface area (Å²) < 4.78 is 38.0. The first-order valence-corrected chi connectivity index (χ1v) is 7.58. The Kier molecular flexibility index (Phi) is 4.37. The highest BCUT2D eigenvalue weighted by molar-refractivity contribution is 6.34. The van der Waals surface area contributed by atoms with Gasteiger partial charge >= 0.3 is 6.18 Å². The van der Waals surface area contributed by atoms with Crippen molar-refractivity contribution in [2.45, 2.75) is 6.18 Å². The summed E-state index contributed by atoms with van der Waals surface area (Å²) in [5.74, 6) is -1.18. The van der Waals surface area contributed by atoms with Crippen LogP contribution in [0, 0.1) is 0 Å². The van der Waals surface area contributed by atoms with Crippen LogP contribution in [0.3, 0.4) is 0 Å². The molecule has 0 fully saturated rings. The van der Waals surface area contributed by atoms with Crippen LogP contribution in [0.25, 0.3) is 10.9 Å². The molecule has 1 amide bonds. The van der Waals surface area contributed by atoms with Crippen LogP contribution in [-0.2, 0) is 6.18 Å². The van der Waals surface area contributed by atoms with Crippen LogP contribution in [0.2, 0.25) is 5.02 Å². The van der Waals surface area contributed by atoms with E-state index in [-0.39, 0.29) is 27.4 Å². The molecule has 134 valence electrons. The van der Waals surface area contributed by atoms with Gasteiger partial charge in [-0.2, -0.15) is 13.2 Å². The van der Waals surface area contributed by atoms with Crippen molar-refractivity contribution >= 4 is 34.1 Å². The second-order valence-corrected chi connectivity index (χ2v) is 5.78. The zero-order valence-electron chi connectivity index (χ0n) is 12.8. The van der Waals surface area contributed by atoms with E-state index < -0.39 is 23.1 Å². The number of anilines is 1. The average Bonchev–Trinajstić information content (AvgIpc) is 2.56. The minimum Gasteiger partial charge on any atom is -0.507 e. The van der Waals surface area contributed by atoms with Gasteiger partial charge in [-0.3, -0.25) is 9.59 Å². The number of phenolic OH excluding ortho intramolecular Hbond substituents is 1. The Hall–Kier alpha value is -3.00. The third kappa shape index (κ3) is 3.23. The van der Waals surface area contributed by atoms with E-state index in [1.807, 2.05) is 0 Å². The third-order valence-corrected chi connectivity index (χ3v) is 3.99. The lowest BCUT2D eigenvalue weighted by atomic mass is 10.1. The number of pyridine rings is 1. The molecule has 1 heterocycles. The zero-order valence-corrected chi connectivity index (χ0v) is 13.6. The average molecular weight is 383 g/mol. The summed E-state index contributed by atoms with van der Waals surface area (Å²) in [7, 11) is 0. The molecule has 0 bridgehead atoms. The van der Waals surface area contributed by atoms with Gasteiger partial charge in [-0.15, -0.1) is 0 Å². The summed E-state index contributed by atoms with van der Waals surface area (Å²) in [5, 5.41) is 11.7. The summed E-state index contributed by atoms with van der Waals surface area (Å²) in [6.07, 6.45) is -3.42. The first-order valence-electron chi connectivity index (χ1n) is 7.20. The van der Waals surface area contributed by atoms with Crippen LogP contribution < -0.4 is 10.7 Å². The molecule has 3 N–H and O–H groups in total. The number of aromatic amines is 1. The van der Waals surface area contributed by atoms with Crippen molar-refractivity contribution < 1.29 is 23.1 Å². The van der Waals surface area contributed by atoms with E-state index in [2.05, 4.69) is 10.3 Å². The molecule has 0 aliphatic carbocycles. The van der Waals surface area contributed by atoms with Crippen molar-refractivity contribution in [2.75, 3.05) is 5.32 Å². The molecule has 3 aromatic rings. The van der Waals surface area contributed by atoms with Gasteiger partial charge in [-0.25, -0.2) is 0 Å². The Balaban J connectivity index is 1.97. The van der Waals surface area contributed by atoms with Gasteiger partial charge in [-0.1, -0.05) is 17.7 Å². The molecule has 9 heteroatoms. The summed E-state index contributed by atoms with van der Waals surface area (Å²) >= 11 is 5.79. The third-order valence-electron chi connectivity index (χ3n) is 3.68. The van der Waals surface area contributed by atoms with Crippen LogP contribution in [0.1, 0.15) is 15.9 Å². The van der Waals surface area contributed by atoms with Crippen molar-refractivity contribution in [2.24, 2.45) is 0 Å². The number of phenols is 1.